The molecule has 0 heterocycles. The van der Waals surface area contributed by atoms with Crippen LogP contribution in [-0.2, 0) is 14.3 Å². The molecule has 0 aromatic carbocycles. The number of ether oxygens (including phenoxy) is 1. The van der Waals surface area contributed by atoms with Crippen LogP contribution in [0.3, 0.4) is 0 Å². The highest BCUT2D eigenvalue weighted by molar-refractivity contribution is 5.88. The summed E-state index contributed by atoms with van der Waals surface area (Å²) >= 11 is 0. The predicted octanol–water partition coefficient (Wildman–Crippen LogP) is 1.75. The second kappa shape index (κ2) is 4.79. The number of rotatable bonds is 3. The molecular formula is C10H16O4. The zero-order chi connectivity index (χ0) is 11.4. The van der Waals surface area contributed by atoms with Crippen molar-refractivity contribution in [3.05, 3.63) is 11.6 Å². The van der Waals surface area contributed by atoms with E-state index in [4.69, 9.17) is 9.84 Å². The molecule has 0 amide bonds. The molecule has 4 heteroatoms. The summed E-state index contributed by atoms with van der Waals surface area (Å²) in [5.74, 6) is -1.44. The molecule has 0 unspecified atom stereocenters. The van der Waals surface area contributed by atoms with Crippen molar-refractivity contribution in [1.29, 1.82) is 0 Å². The third-order valence-corrected chi connectivity index (χ3v) is 1.30. The van der Waals surface area contributed by atoms with Crippen LogP contribution >= 0.6 is 0 Å². The first-order valence-electron chi connectivity index (χ1n) is 4.34. The van der Waals surface area contributed by atoms with E-state index in [2.05, 4.69) is 0 Å². The number of esters is 1. The van der Waals surface area contributed by atoms with Gasteiger partial charge in [0.1, 0.15) is 5.60 Å². The van der Waals surface area contributed by atoms with E-state index in [9.17, 15) is 9.59 Å². The van der Waals surface area contributed by atoms with Crippen LogP contribution in [0.15, 0.2) is 11.6 Å². The molecule has 0 atom stereocenters. The van der Waals surface area contributed by atoms with E-state index in [0.29, 0.717) is 5.57 Å². The molecule has 80 valence electrons. The topological polar surface area (TPSA) is 63.6 Å². The molecule has 0 aromatic heterocycles. The van der Waals surface area contributed by atoms with Crippen LogP contribution in [0, 0.1) is 0 Å². The molecule has 0 fully saturated rings. The molecule has 1 N–H and O–H groups in total. The van der Waals surface area contributed by atoms with Gasteiger partial charge in [0.25, 0.3) is 0 Å². The smallest absolute Gasteiger partial charge is 0.333 e. The van der Waals surface area contributed by atoms with Crippen molar-refractivity contribution in [2.45, 2.75) is 39.7 Å². The fourth-order valence-corrected chi connectivity index (χ4v) is 0.682. The van der Waals surface area contributed by atoms with Gasteiger partial charge in [-0.1, -0.05) is 6.08 Å². The van der Waals surface area contributed by atoms with Crippen LogP contribution in [0.2, 0.25) is 0 Å². The van der Waals surface area contributed by atoms with Crippen molar-refractivity contribution in [1.82, 2.24) is 0 Å². The Morgan fingerprint density at radius 3 is 2.21 bits per heavy atom. The lowest BCUT2D eigenvalue weighted by molar-refractivity contribution is -0.149. The fourth-order valence-electron chi connectivity index (χ4n) is 0.682. The van der Waals surface area contributed by atoms with Gasteiger partial charge < -0.3 is 9.84 Å². The highest BCUT2D eigenvalue weighted by Crippen LogP contribution is 2.10. The van der Waals surface area contributed by atoms with Crippen LogP contribution in [0.4, 0.5) is 0 Å². The molecule has 0 bridgehead atoms. The Kier molecular flexibility index (Phi) is 4.34. The highest BCUT2D eigenvalue weighted by Gasteiger charge is 2.17. The second-order valence-electron chi connectivity index (χ2n) is 3.99. The van der Waals surface area contributed by atoms with E-state index in [1.54, 1.807) is 20.8 Å². The van der Waals surface area contributed by atoms with E-state index in [1.807, 2.05) is 0 Å². The summed E-state index contributed by atoms with van der Waals surface area (Å²) in [4.78, 5) is 21.5. The van der Waals surface area contributed by atoms with Gasteiger partial charge in [0.05, 0.1) is 6.42 Å². The number of carbonyl (C=O) groups excluding carboxylic acids is 1. The Morgan fingerprint density at radius 1 is 1.36 bits per heavy atom. The molecule has 14 heavy (non-hydrogen) atoms. The molecule has 0 aliphatic heterocycles. The van der Waals surface area contributed by atoms with Crippen LogP contribution in [0.25, 0.3) is 0 Å². The largest absolute Gasteiger partial charge is 0.481 e. The monoisotopic (exact) mass is 200 g/mol. The van der Waals surface area contributed by atoms with Crippen molar-refractivity contribution in [3.63, 3.8) is 0 Å². The quantitative estimate of drug-likeness (QED) is 0.556. The van der Waals surface area contributed by atoms with Gasteiger partial charge in [-0.2, -0.15) is 0 Å². The van der Waals surface area contributed by atoms with Crippen LogP contribution < -0.4 is 0 Å². The lowest BCUT2D eigenvalue weighted by Gasteiger charge is -2.19. The van der Waals surface area contributed by atoms with E-state index in [1.165, 1.54) is 13.0 Å². The zero-order valence-electron chi connectivity index (χ0n) is 8.96. The maximum Gasteiger partial charge on any atom is 0.333 e. The third kappa shape index (κ3) is 6.22. The number of carboxylic acid groups (broad SMARTS) is 1. The SMILES string of the molecule is CC(=CCC(=O)O)C(=O)OC(C)(C)C. The van der Waals surface area contributed by atoms with E-state index < -0.39 is 17.5 Å². The van der Waals surface area contributed by atoms with Gasteiger partial charge in [-0.15, -0.1) is 0 Å². The van der Waals surface area contributed by atoms with Gasteiger partial charge in [-0.3, -0.25) is 4.79 Å². The van der Waals surface area contributed by atoms with Gasteiger partial charge in [-0.05, 0) is 27.7 Å². The maximum absolute atomic E-state index is 11.3. The van der Waals surface area contributed by atoms with E-state index >= 15 is 0 Å². The van der Waals surface area contributed by atoms with Crippen molar-refractivity contribution in [2.75, 3.05) is 0 Å². The number of hydrogen-bond donors (Lipinski definition) is 1. The first-order chi connectivity index (χ1) is 6.22. The summed E-state index contributed by atoms with van der Waals surface area (Å²) in [5, 5.41) is 8.38. The molecule has 0 saturated heterocycles. The third-order valence-electron chi connectivity index (χ3n) is 1.30. The number of carboxylic acids is 1. The molecule has 0 rings (SSSR count). The summed E-state index contributed by atoms with van der Waals surface area (Å²) in [6, 6.07) is 0. The van der Waals surface area contributed by atoms with Crippen molar-refractivity contribution < 1.29 is 19.4 Å². The van der Waals surface area contributed by atoms with Gasteiger partial charge in [-0.25, -0.2) is 4.79 Å². The zero-order valence-corrected chi connectivity index (χ0v) is 8.96. The van der Waals surface area contributed by atoms with Crippen LogP contribution in [0.1, 0.15) is 34.1 Å². The summed E-state index contributed by atoms with van der Waals surface area (Å²) < 4.78 is 5.03. The summed E-state index contributed by atoms with van der Waals surface area (Å²) in [7, 11) is 0. The van der Waals surface area contributed by atoms with Gasteiger partial charge in [0.15, 0.2) is 0 Å². The van der Waals surface area contributed by atoms with E-state index in [0.717, 1.165) is 0 Å². The molecule has 0 spiro atoms. The number of aliphatic carboxylic acids is 1. The predicted molar refractivity (Wildman–Crippen MR) is 51.9 cm³/mol. The number of carbonyl (C=O) groups is 2. The molecule has 0 aliphatic rings. The molecule has 0 radical (unpaired) electrons. The second-order valence-corrected chi connectivity index (χ2v) is 3.99. The highest BCUT2D eigenvalue weighted by atomic mass is 16.6. The maximum atomic E-state index is 11.3. The Balaban J connectivity index is 4.26. The summed E-state index contributed by atoms with van der Waals surface area (Å²) in [5.41, 5.74) is -0.225. The molecule has 0 aromatic rings. The van der Waals surface area contributed by atoms with Gasteiger partial charge >= 0.3 is 11.9 Å². The first kappa shape index (κ1) is 12.7. The van der Waals surface area contributed by atoms with Crippen molar-refractivity contribution in [3.8, 4) is 0 Å². The molecular weight excluding hydrogens is 184 g/mol. The Bertz CT molecular complexity index is 258. The van der Waals surface area contributed by atoms with Crippen molar-refractivity contribution in [2.24, 2.45) is 0 Å². The minimum absolute atomic E-state index is 0.162. The minimum atomic E-state index is -0.965. The summed E-state index contributed by atoms with van der Waals surface area (Å²) in [6.07, 6.45) is 1.18. The molecule has 4 nitrogen and oxygen atoms in total. The van der Waals surface area contributed by atoms with E-state index in [-0.39, 0.29) is 6.42 Å². The normalized spacial score (nSPS) is 12.4. The lowest BCUT2D eigenvalue weighted by atomic mass is 10.2. The van der Waals surface area contributed by atoms with Gasteiger partial charge in [0, 0.05) is 5.57 Å². The molecule has 0 aliphatic carbocycles. The standard InChI is InChI=1S/C10H16O4/c1-7(5-6-8(11)12)9(13)14-10(2,3)4/h5H,6H2,1-4H3,(H,11,12). The lowest BCUT2D eigenvalue weighted by Crippen LogP contribution is -2.24. The van der Waals surface area contributed by atoms with Crippen LogP contribution in [-0.4, -0.2) is 22.6 Å². The fraction of sp³-hybridized carbons (Fsp3) is 0.600. The average molecular weight is 200 g/mol. The number of hydrogen-bond acceptors (Lipinski definition) is 3. The summed E-state index contributed by atoms with van der Waals surface area (Å²) in [6.45, 7) is 6.82. The van der Waals surface area contributed by atoms with Crippen LogP contribution in [0.5, 0.6) is 0 Å². The Hall–Kier alpha value is -1.32. The molecule has 0 saturated carbocycles. The Labute approximate surface area is 83.6 Å². The Morgan fingerprint density at radius 2 is 1.86 bits per heavy atom. The van der Waals surface area contributed by atoms with Crippen molar-refractivity contribution >= 4 is 11.9 Å². The van der Waals surface area contributed by atoms with Gasteiger partial charge in [0.2, 0.25) is 0 Å². The minimum Gasteiger partial charge on any atom is -0.481 e. The first-order valence-corrected chi connectivity index (χ1v) is 4.34. The average Bonchev–Trinajstić information content (AvgIpc) is 1.96.